The van der Waals surface area contributed by atoms with E-state index in [0.29, 0.717) is 11.1 Å². The molecule has 4 atom stereocenters. The first-order valence-electron chi connectivity index (χ1n) is 13.6. The zero-order chi connectivity index (χ0) is 30.2. The predicted molar refractivity (Wildman–Crippen MR) is 153 cm³/mol. The van der Waals surface area contributed by atoms with Crippen LogP contribution >= 0.6 is 0 Å². The molecule has 5 rings (SSSR count). The molecule has 0 N–H and O–H groups in total. The summed E-state index contributed by atoms with van der Waals surface area (Å²) in [5.41, 5.74) is 1.73. The number of rotatable bonds is 9. The molecule has 0 saturated carbocycles. The van der Waals surface area contributed by atoms with Crippen LogP contribution in [0.2, 0.25) is 0 Å². The van der Waals surface area contributed by atoms with Gasteiger partial charge < -0.3 is 23.7 Å². The number of carbonyl (C=O) groups excluding carboxylic acids is 4. The summed E-state index contributed by atoms with van der Waals surface area (Å²) in [4.78, 5) is 52.2. The van der Waals surface area contributed by atoms with Crippen molar-refractivity contribution in [2.75, 3.05) is 6.61 Å². The van der Waals surface area contributed by atoms with E-state index in [-0.39, 0.29) is 16.7 Å². The maximum atomic E-state index is 13.2. The third-order valence-corrected chi connectivity index (χ3v) is 6.75. The monoisotopic (exact) mass is 580 g/mol. The first-order chi connectivity index (χ1) is 20.9. The van der Waals surface area contributed by atoms with Gasteiger partial charge in [-0.05, 0) is 55.0 Å². The standard InChI is InChI=1S/C34H28O9/c1-22-13-11-12-20-26(22)33(38)39-21-27-28(41-30(35)23-14-5-2-6-15-23)29(42-31(36)24-16-7-3-8-17-24)34(40-27)43-32(37)25-18-9-4-10-19-25/h2-20,27-29,34H,21H2,1H3/t27-,28-,29-,34?/m1/s1. The highest BCUT2D eigenvalue weighted by Gasteiger charge is 2.52. The lowest BCUT2D eigenvalue weighted by Crippen LogP contribution is -2.42. The molecule has 9 heteroatoms. The summed E-state index contributed by atoms with van der Waals surface area (Å²) >= 11 is 0. The van der Waals surface area contributed by atoms with Crippen LogP contribution in [0.4, 0.5) is 0 Å². The van der Waals surface area contributed by atoms with Gasteiger partial charge in [0.1, 0.15) is 12.7 Å². The zero-order valence-corrected chi connectivity index (χ0v) is 23.2. The van der Waals surface area contributed by atoms with Gasteiger partial charge in [0.2, 0.25) is 12.4 Å². The molecule has 0 amide bonds. The molecule has 43 heavy (non-hydrogen) atoms. The number of esters is 4. The van der Waals surface area contributed by atoms with E-state index in [2.05, 4.69) is 0 Å². The van der Waals surface area contributed by atoms with Crippen molar-refractivity contribution in [1.29, 1.82) is 0 Å². The van der Waals surface area contributed by atoms with E-state index in [4.69, 9.17) is 23.7 Å². The van der Waals surface area contributed by atoms with Crippen molar-refractivity contribution < 1.29 is 42.9 Å². The fourth-order valence-electron chi connectivity index (χ4n) is 4.51. The van der Waals surface area contributed by atoms with Crippen LogP contribution in [0.25, 0.3) is 0 Å². The second kappa shape index (κ2) is 13.6. The third kappa shape index (κ3) is 7.14. The minimum atomic E-state index is -1.49. The minimum Gasteiger partial charge on any atom is -0.459 e. The summed E-state index contributed by atoms with van der Waals surface area (Å²) in [6.07, 6.45) is -5.34. The third-order valence-electron chi connectivity index (χ3n) is 6.75. The summed E-state index contributed by atoms with van der Waals surface area (Å²) in [7, 11) is 0. The van der Waals surface area contributed by atoms with Crippen LogP contribution in [0.3, 0.4) is 0 Å². The van der Waals surface area contributed by atoms with Crippen molar-refractivity contribution >= 4 is 23.9 Å². The Morgan fingerprint density at radius 2 is 1.00 bits per heavy atom. The SMILES string of the molecule is Cc1ccccc1C(=O)OC[C@H]1OC(OC(=O)c2ccccc2)[C@H](OC(=O)c2ccccc2)[C@@H]1OC(=O)c1ccccc1. The summed E-state index contributed by atoms with van der Waals surface area (Å²) in [6.45, 7) is 1.38. The van der Waals surface area contributed by atoms with Crippen molar-refractivity contribution in [3.05, 3.63) is 143 Å². The van der Waals surface area contributed by atoms with Crippen LogP contribution in [0.15, 0.2) is 115 Å². The molecule has 1 heterocycles. The normalized spacial score (nSPS) is 19.2. The molecule has 1 fully saturated rings. The van der Waals surface area contributed by atoms with Crippen LogP contribution in [0.1, 0.15) is 47.0 Å². The van der Waals surface area contributed by atoms with Gasteiger partial charge in [0.25, 0.3) is 0 Å². The average molecular weight is 581 g/mol. The van der Waals surface area contributed by atoms with Crippen LogP contribution in [-0.2, 0) is 23.7 Å². The van der Waals surface area contributed by atoms with E-state index in [1.54, 1.807) is 122 Å². The molecule has 1 saturated heterocycles. The highest BCUT2D eigenvalue weighted by atomic mass is 16.8. The quantitative estimate of drug-likeness (QED) is 0.195. The Morgan fingerprint density at radius 1 is 0.558 bits per heavy atom. The molecular weight excluding hydrogens is 552 g/mol. The maximum Gasteiger partial charge on any atom is 0.340 e. The highest BCUT2D eigenvalue weighted by Crippen LogP contribution is 2.31. The number of ether oxygens (including phenoxy) is 5. The van der Waals surface area contributed by atoms with Gasteiger partial charge in [0.15, 0.2) is 6.10 Å². The predicted octanol–water partition coefficient (Wildman–Crippen LogP) is 5.18. The summed E-state index contributed by atoms with van der Waals surface area (Å²) in [5.74, 6) is -2.87. The van der Waals surface area contributed by atoms with Gasteiger partial charge in [-0.3, -0.25) is 0 Å². The largest absolute Gasteiger partial charge is 0.459 e. The van der Waals surface area contributed by atoms with E-state index in [1.165, 1.54) is 0 Å². The molecule has 0 bridgehead atoms. The summed E-state index contributed by atoms with van der Waals surface area (Å²) in [6, 6.07) is 31.4. The fraction of sp³-hybridized carbons (Fsp3) is 0.176. The molecule has 4 aromatic rings. The van der Waals surface area contributed by atoms with E-state index in [9.17, 15) is 19.2 Å². The Morgan fingerprint density at radius 3 is 1.51 bits per heavy atom. The van der Waals surface area contributed by atoms with E-state index in [0.717, 1.165) is 0 Å². The van der Waals surface area contributed by atoms with E-state index in [1.807, 2.05) is 0 Å². The molecule has 0 aliphatic carbocycles. The molecule has 218 valence electrons. The Bertz CT molecular complexity index is 1570. The van der Waals surface area contributed by atoms with Crippen LogP contribution in [0, 0.1) is 6.92 Å². The lowest BCUT2D eigenvalue weighted by atomic mass is 10.1. The first kappa shape index (κ1) is 29.2. The zero-order valence-electron chi connectivity index (χ0n) is 23.2. The Hall–Kier alpha value is -5.28. The molecule has 0 spiro atoms. The summed E-state index contributed by atoms with van der Waals surface area (Å²) in [5, 5.41) is 0. The number of benzene rings is 4. The number of hydrogen-bond acceptors (Lipinski definition) is 9. The Labute approximate surface area is 247 Å². The van der Waals surface area contributed by atoms with Crippen molar-refractivity contribution in [2.45, 2.75) is 31.5 Å². The highest BCUT2D eigenvalue weighted by molar-refractivity contribution is 5.92. The Balaban J connectivity index is 1.44. The molecule has 4 aromatic carbocycles. The van der Waals surface area contributed by atoms with Gasteiger partial charge in [-0.15, -0.1) is 0 Å². The second-order valence-corrected chi connectivity index (χ2v) is 9.70. The maximum absolute atomic E-state index is 13.2. The lowest BCUT2D eigenvalue weighted by molar-refractivity contribution is -0.141. The van der Waals surface area contributed by atoms with Crippen molar-refractivity contribution in [1.82, 2.24) is 0 Å². The number of hydrogen-bond donors (Lipinski definition) is 0. The smallest absolute Gasteiger partial charge is 0.340 e. The molecule has 1 unspecified atom stereocenters. The van der Waals surface area contributed by atoms with Crippen molar-refractivity contribution in [2.24, 2.45) is 0 Å². The first-order valence-corrected chi connectivity index (χ1v) is 13.6. The molecule has 1 aliphatic rings. The van der Waals surface area contributed by atoms with E-state index < -0.39 is 55.1 Å². The Kier molecular flexibility index (Phi) is 9.23. The van der Waals surface area contributed by atoms with E-state index >= 15 is 0 Å². The molecular formula is C34H28O9. The average Bonchev–Trinajstić information content (AvgIpc) is 3.35. The number of carbonyl (C=O) groups is 4. The summed E-state index contributed by atoms with van der Waals surface area (Å²) < 4.78 is 28.8. The van der Waals surface area contributed by atoms with Gasteiger partial charge >= 0.3 is 23.9 Å². The van der Waals surface area contributed by atoms with Gasteiger partial charge in [-0.1, -0.05) is 72.8 Å². The van der Waals surface area contributed by atoms with Gasteiger partial charge in [0, 0.05) is 0 Å². The van der Waals surface area contributed by atoms with Gasteiger partial charge in [-0.25, -0.2) is 19.2 Å². The molecule has 0 radical (unpaired) electrons. The second-order valence-electron chi connectivity index (χ2n) is 9.70. The van der Waals surface area contributed by atoms with Crippen molar-refractivity contribution in [3.63, 3.8) is 0 Å². The fourth-order valence-corrected chi connectivity index (χ4v) is 4.51. The van der Waals surface area contributed by atoms with Gasteiger partial charge in [-0.2, -0.15) is 0 Å². The molecule has 1 aliphatic heterocycles. The van der Waals surface area contributed by atoms with Gasteiger partial charge in [0.05, 0.1) is 22.3 Å². The van der Waals surface area contributed by atoms with Crippen LogP contribution < -0.4 is 0 Å². The van der Waals surface area contributed by atoms with Crippen molar-refractivity contribution in [3.8, 4) is 0 Å². The molecule has 9 nitrogen and oxygen atoms in total. The topological polar surface area (TPSA) is 114 Å². The van der Waals surface area contributed by atoms with Crippen LogP contribution in [0.5, 0.6) is 0 Å². The number of aryl methyl sites for hydroxylation is 1. The minimum absolute atomic E-state index is 0.221. The molecule has 0 aromatic heterocycles. The lowest BCUT2D eigenvalue weighted by Gasteiger charge is -2.24. The van der Waals surface area contributed by atoms with Crippen LogP contribution in [-0.4, -0.2) is 55.1 Å².